The molecule has 3 N–H and O–H groups in total. The Hall–Kier alpha value is -1.82. The van der Waals surface area contributed by atoms with E-state index in [4.69, 9.17) is 5.73 Å². The molecule has 150 valence electrons. The fourth-order valence-corrected chi connectivity index (χ4v) is 2.82. The minimum Gasteiger partial charge on any atom is -0.358 e. The van der Waals surface area contributed by atoms with Crippen molar-refractivity contribution in [1.82, 2.24) is 10.3 Å². The molecule has 0 fully saturated rings. The highest BCUT2D eigenvalue weighted by Crippen LogP contribution is 2.16. The molecule has 0 aliphatic rings. The van der Waals surface area contributed by atoms with Crippen molar-refractivity contribution in [3.63, 3.8) is 0 Å². The first kappa shape index (κ1) is 25.2. The number of nitrogens with one attached hydrogen (secondary N) is 1. The summed E-state index contributed by atoms with van der Waals surface area (Å²) in [5, 5.41) is 3.06. The van der Waals surface area contributed by atoms with Crippen LogP contribution in [0.3, 0.4) is 0 Å². The molecule has 0 aliphatic heterocycles. The van der Waals surface area contributed by atoms with E-state index in [9.17, 15) is 4.79 Å². The number of benzene rings is 1. The molecular formula is C20H30Cl2N4O. The van der Waals surface area contributed by atoms with E-state index in [1.807, 2.05) is 48.7 Å². The van der Waals surface area contributed by atoms with Gasteiger partial charge in [-0.1, -0.05) is 38.1 Å². The van der Waals surface area contributed by atoms with Gasteiger partial charge in [-0.05, 0) is 36.1 Å². The summed E-state index contributed by atoms with van der Waals surface area (Å²) >= 11 is 0. The van der Waals surface area contributed by atoms with Gasteiger partial charge in [-0.2, -0.15) is 0 Å². The van der Waals surface area contributed by atoms with Gasteiger partial charge in [0.1, 0.15) is 0 Å². The normalized spacial score (nSPS) is 11.1. The van der Waals surface area contributed by atoms with Crippen LogP contribution in [0.15, 0.2) is 54.9 Å². The summed E-state index contributed by atoms with van der Waals surface area (Å²) < 4.78 is 0. The van der Waals surface area contributed by atoms with E-state index in [1.54, 1.807) is 6.20 Å². The molecule has 0 saturated heterocycles. The Labute approximate surface area is 174 Å². The van der Waals surface area contributed by atoms with E-state index in [0.717, 1.165) is 17.7 Å². The summed E-state index contributed by atoms with van der Waals surface area (Å²) in [5.74, 6) is 0.485. The summed E-state index contributed by atoms with van der Waals surface area (Å²) in [6.07, 6.45) is 4.46. The van der Waals surface area contributed by atoms with Crippen LogP contribution in [0.1, 0.15) is 25.8 Å². The first-order valence-electron chi connectivity index (χ1n) is 8.76. The van der Waals surface area contributed by atoms with Crippen LogP contribution < -0.4 is 16.0 Å². The Morgan fingerprint density at radius 1 is 1.15 bits per heavy atom. The number of carbonyl (C=O) groups excluding carboxylic acids is 1. The first-order valence-corrected chi connectivity index (χ1v) is 8.76. The number of pyridine rings is 1. The standard InChI is InChI=1S/C20H28N4O.2ClH/c1-16(2)11-18(12-21)23-20(25)15-24(19-8-4-3-5-9-19)14-17-7-6-10-22-13-17;;/h3-10,13,16,18H,11-12,14-15,21H2,1-2H3,(H,23,25);2*1H. The molecule has 1 aromatic carbocycles. The van der Waals surface area contributed by atoms with Gasteiger partial charge in [0.2, 0.25) is 5.91 Å². The number of hydrogen-bond donors (Lipinski definition) is 2. The summed E-state index contributed by atoms with van der Waals surface area (Å²) in [6.45, 7) is 5.63. The average Bonchev–Trinajstić information content (AvgIpc) is 2.62. The molecule has 0 radical (unpaired) electrons. The van der Waals surface area contributed by atoms with Gasteiger partial charge in [0, 0.05) is 37.2 Å². The van der Waals surface area contributed by atoms with Gasteiger partial charge in [-0.25, -0.2) is 0 Å². The quantitative estimate of drug-likeness (QED) is 0.661. The third kappa shape index (κ3) is 9.09. The largest absolute Gasteiger partial charge is 0.358 e. The molecule has 0 spiro atoms. The topological polar surface area (TPSA) is 71.2 Å². The molecule has 1 unspecified atom stereocenters. The van der Waals surface area contributed by atoms with Crippen LogP contribution in [0.2, 0.25) is 0 Å². The second-order valence-corrected chi connectivity index (χ2v) is 6.68. The second kappa shape index (κ2) is 13.4. The molecule has 7 heteroatoms. The van der Waals surface area contributed by atoms with E-state index < -0.39 is 0 Å². The van der Waals surface area contributed by atoms with Gasteiger partial charge in [0.05, 0.1) is 6.54 Å². The van der Waals surface area contributed by atoms with Crippen LogP contribution in [0, 0.1) is 5.92 Å². The maximum atomic E-state index is 12.5. The van der Waals surface area contributed by atoms with Crippen LogP contribution in [0.4, 0.5) is 5.69 Å². The van der Waals surface area contributed by atoms with Crippen LogP contribution in [0.5, 0.6) is 0 Å². The van der Waals surface area contributed by atoms with Gasteiger partial charge in [0.25, 0.3) is 0 Å². The van der Waals surface area contributed by atoms with E-state index in [2.05, 4.69) is 29.0 Å². The SMILES string of the molecule is CC(C)CC(CN)NC(=O)CN(Cc1cccnc1)c1ccccc1.Cl.Cl. The van der Waals surface area contributed by atoms with Crippen molar-refractivity contribution in [2.45, 2.75) is 32.9 Å². The van der Waals surface area contributed by atoms with Crippen LogP contribution in [-0.2, 0) is 11.3 Å². The van der Waals surface area contributed by atoms with E-state index >= 15 is 0 Å². The molecule has 0 aliphatic carbocycles. The van der Waals surface area contributed by atoms with Crippen molar-refractivity contribution >= 4 is 36.4 Å². The number of anilines is 1. The number of para-hydroxylation sites is 1. The van der Waals surface area contributed by atoms with Crippen molar-refractivity contribution in [3.05, 3.63) is 60.4 Å². The Balaban J connectivity index is 0.00000338. The maximum Gasteiger partial charge on any atom is 0.239 e. The summed E-state index contributed by atoms with van der Waals surface area (Å²) in [4.78, 5) is 18.8. The third-order valence-electron chi connectivity index (χ3n) is 3.96. The van der Waals surface area contributed by atoms with Gasteiger partial charge in [-0.15, -0.1) is 24.8 Å². The predicted molar refractivity (Wildman–Crippen MR) is 117 cm³/mol. The van der Waals surface area contributed by atoms with E-state index in [0.29, 0.717) is 19.0 Å². The molecule has 0 bridgehead atoms. The number of nitrogens with zero attached hydrogens (tertiary/aromatic N) is 2. The summed E-state index contributed by atoms with van der Waals surface area (Å²) in [7, 11) is 0. The fourth-order valence-electron chi connectivity index (χ4n) is 2.82. The van der Waals surface area contributed by atoms with Crippen LogP contribution in [-0.4, -0.2) is 30.0 Å². The smallest absolute Gasteiger partial charge is 0.239 e. The van der Waals surface area contributed by atoms with Gasteiger partial charge in [-0.3, -0.25) is 9.78 Å². The predicted octanol–water partition coefficient (Wildman–Crippen LogP) is 3.42. The number of rotatable bonds is 9. The Bertz CT molecular complexity index is 641. The number of nitrogens with two attached hydrogens (primary N) is 1. The summed E-state index contributed by atoms with van der Waals surface area (Å²) in [5.41, 5.74) is 7.87. The minimum absolute atomic E-state index is 0. The maximum absolute atomic E-state index is 12.5. The Morgan fingerprint density at radius 2 is 1.85 bits per heavy atom. The third-order valence-corrected chi connectivity index (χ3v) is 3.96. The lowest BCUT2D eigenvalue weighted by Crippen LogP contribution is -2.45. The molecule has 5 nitrogen and oxygen atoms in total. The molecule has 1 aromatic heterocycles. The number of amides is 1. The van der Waals surface area contributed by atoms with Gasteiger partial charge in [0.15, 0.2) is 0 Å². The van der Waals surface area contributed by atoms with Crippen LogP contribution >= 0.6 is 24.8 Å². The zero-order chi connectivity index (χ0) is 18.1. The van der Waals surface area contributed by atoms with Crippen molar-refractivity contribution < 1.29 is 4.79 Å². The first-order chi connectivity index (χ1) is 12.1. The number of hydrogen-bond acceptors (Lipinski definition) is 4. The number of aromatic nitrogens is 1. The van der Waals surface area contributed by atoms with Crippen molar-refractivity contribution in [2.24, 2.45) is 11.7 Å². The molecule has 2 rings (SSSR count). The second-order valence-electron chi connectivity index (χ2n) is 6.68. The minimum atomic E-state index is -0.0103. The highest BCUT2D eigenvalue weighted by Gasteiger charge is 2.16. The Morgan fingerprint density at radius 3 is 2.41 bits per heavy atom. The highest BCUT2D eigenvalue weighted by atomic mass is 35.5. The molecule has 1 amide bonds. The lowest BCUT2D eigenvalue weighted by atomic mass is 10.0. The van der Waals surface area contributed by atoms with Crippen molar-refractivity contribution in [1.29, 1.82) is 0 Å². The lowest BCUT2D eigenvalue weighted by molar-refractivity contribution is -0.120. The molecule has 27 heavy (non-hydrogen) atoms. The molecule has 1 atom stereocenters. The lowest BCUT2D eigenvalue weighted by Gasteiger charge is -2.26. The zero-order valence-electron chi connectivity index (χ0n) is 15.9. The zero-order valence-corrected chi connectivity index (χ0v) is 17.5. The number of halogens is 2. The van der Waals surface area contributed by atoms with Gasteiger partial charge >= 0.3 is 0 Å². The fraction of sp³-hybridized carbons (Fsp3) is 0.400. The monoisotopic (exact) mass is 412 g/mol. The number of carbonyl (C=O) groups is 1. The molecule has 1 heterocycles. The van der Waals surface area contributed by atoms with E-state index in [1.165, 1.54) is 0 Å². The molecular weight excluding hydrogens is 383 g/mol. The van der Waals surface area contributed by atoms with Crippen LogP contribution in [0.25, 0.3) is 0 Å². The summed E-state index contributed by atoms with van der Waals surface area (Å²) in [6, 6.07) is 13.9. The van der Waals surface area contributed by atoms with E-state index in [-0.39, 0.29) is 43.3 Å². The highest BCUT2D eigenvalue weighted by molar-refractivity contribution is 5.85. The van der Waals surface area contributed by atoms with Gasteiger partial charge < -0.3 is 16.0 Å². The molecule has 0 saturated carbocycles. The average molecular weight is 413 g/mol. The Kier molecular flexibility index (Phi) is 12.5. The van der Waals surface area contributed by atoms with Crippen molar-refractivity contribution in [3.8, 4) is 0 Å². The molecule has 2 aromatic rings. The van der Waals surface area contributed by atoms with Crippen molar-refractivity contribution in [2.75, 3.05) is 18.0 Å².